The molecule has 0 bridgehead atoms. The summed E-state index contributed by atoms with van der Waals surface area (Å²) in [5.74, 6) is 1.38. The third kappa shape index (κ3) is 3.56. The summed E-state index contributed by atoms with van der Waals surface area (Å²) in [5.41, 5.74) is 0.506. The highest BCUT2D eigenvalue weighted by Crippen LogP contribution is 2.28. The molecule has 1 aromatic heterocycles. The average molecular weight is 306 g/mol. The van der Waals surface area contributed by atoms with Crippen LogP contribution in [0.15, 0.2) is 12.4 Å². The maximum absolute atomic E-state index is 10.6. The Bertz CT molecular complexity index is 495. The van der Waals surface area contributed by atoms with Crippen molar-refractivity contribution in [2.75, 3.05) is 51.8 Å². The fourth-order valence-corrected chi connectivity index (χ4v) is 3.42. The second-order valence-electron chi connectivity index (χ2n) is 6.81. The molecule has 1 aromatic rings. The predicted octanol–water partition coefficient (Wildman–Crippen LogP) is 0.873. The summed E-state index contributed by atoms with van der Waals surface area (Å²) in [6.07, 6.45) is 4.25. The molecule has 22 heavy (non-hydrogen) atoms. The minimum atomic E-state index is -0.574. The van der Waals surface area contributed by atoms with Crippen LogP contribution < -0.4 is 4.90 Å². The summed E-state index contributed by atoms with van der Waals surface area (Å²) in [5, 5.41) is 10.6. The highest BCUT2D eigenvalue weighted by atomic mass is 16.5. The number of likely N-dealkylation sites (N-methyl/N-ethyl adjacent to an activating group) is 1. The van der Waals surface area contributed by atoms with Gasteiger partial charge in [0.2, 0.25) is 0 Å². The van der Waals surface area contributed by atoms with Gasteiger partial charge in [0.1, 0.15) is 12.1 Å². The van der Waals surface area contributed by atoms with Crippen molar-refractivity contribution in [3.63, 3.8) is 0 Å². The van der Waals surface area contributed by atoms with E-state index < -0.39 is 5.60 Å². The zero-order valence-corrected chi connectivity index (χ0v) is 13.5. The zero-order chi connectivity index (χ0) is 15.6. The molecule has 0 amide bonds. The molecule has 1 N–H and O–H groups in total. The Kier molecular flexibility index (Phi) is 4.61. The number of hydrogen-bond acceptors (Lipinski definition) is 6. The highest BCUT2D eigenvalue weighted by Gasteiger charge is 2.33. The van der Waals surface area contributed by atoms with Crippen molar-refractivity contribution in [3.8, 4) is 0 Å². The zero-order valence-electron chi connectivity index (χ0n) is 13.5. The first-order valence-corrected chi connectivity index (χ1v) is 8.07. The van der Waals surface area contributed by atoms with Gasteiger partial charge in [0, 0.05) is 38.2 Å². The van der Waals surface area contributed by atoms with Crippen molar-refractivity contribution in [2.45, 2.75) is 30.8 Å². The molecule has 2 aliphatic rings. The molecule has 122 valence electrons. The molecule has 3 heterocycles. The molecule has 3 rings (SSSR count). The maximum atomic E-state index is 10.6. The number of piperidine rings is 1. The van der Waals surface area contributed by atoms with E-state index >= 15 is 0 Å². The normalized spacial score (nSPS) is 24.9. The van der Waals surface area contributed by atoms with E-state index in [9.17, 15) is 5.11 Å². The number of ether oxygens (including phenoxy) is 1. The Morgan fingerprint density at radius 3 is 2.77 bits per heavy atom. The molecule has 1 unspecified atom stereocenters. The molecule has 0 aliphatic carbocycles. The summed E-state index contributed by atoms with van der Waals surface area (Å²) in [7, 11) is 4.01. The van der Waals surface area contributed by atoms with Gasteiger partial charge in [-0.15, -0.1) is 0 Å². The Morgan fingerprint density at radius 1 is 1.36 bits per heavy atom. The molecule has 2 aliphatic heterocycles. The van der Waals surface area contributed by atoms with E-state index in [1.807, 2.05) is 14.1 Å². The highest BCUT2D eigenvalue weighted by molar-refractivity contribution is 5.40. The van der Waals surface area contributed by atoms with Crippen molar-refractivity contribution in [1.29, 1.82) is 0 Å². The molecule has 6 heteroatoms. The molecule has 0 spiro atoms. The van der Waals surface area contributed by atoms with E-state index in [-0.39, 0.29) is 0 Å². The van der Waals surface area contributed by atoms with E-state index in [2.05, 4.69) is 25.8 Å². The summed E-state index contributed by atoms with van der Waals surface area (Å²) in [6, 6.07) is 2.09. The lowest BCUT2D eigenvalue weighted by Gasteiger charge is -2.40. The summed E-state index contributed by atoms with van der Waals surface area (Å²) in [6.45, 7) is 3.98. The summed E-state index contributed by atoms with van der Waals surface area (Å²) in [4.78, 5) is 13.1. The lowest BCUT2D eigenvalue weighted by molar-refractivity contribution is -0.00547. The Morgan fingerprint density at radius 2 is 2.14 bits per heavy atom. The van der Waals surface area contributed by atoms with Crippen LogP contribution in [0.5, 0.6) is 0 Å². The number of aliphatic hydroxyl groups is 1. The minimum absolute atomic E-state index is 0.400. The third-order valence-electron chi connectivity index (χ3n) is 4.65. The standard InChI is InChI=1S/C16H26N4O2/c1-19(2)11-16(21)4-6-20(7-5-16)15-9-14(17-12-18-15)13-3-8-22-10-13/h9,12-13,21H,3-8,10-11H2,1-2H3. The van der Waals surface area contributed by atoms with E-state index in [0.29, 0.717) is 5.92 Å². The SMILES string of the molecule is CN(C)CC1(O)CCN(c2cc(C3CCOC3)ncn2)CC1. The van der Waals surface area contributed by atoms with Gasteiger partial charge >= 0.3 is 0 Å². The van der Waals surface area contributed by atoms with E-state index in [1.165, 1.54) is 0 Å². The number of anilines is 1. The van der Waals surface area contributed by atoms with Crippen molar-refractivity contribution >= 4 is 5.82 Å². The van der Waals surface area contributed by atoms with Crippen LogP contribution in [-0.4, -0.2) is 72.5 Å². The van der Waals surface area contributed by atoms with Crippen LogP contribution in [-0.2, 0) is 4.74 Å². The lowest BCUT2D eigenvalue weighted by atomic mass is 9.91. The molecule has 6 nitrogen and oxygen atoms in total. The molecular weight excluding hydrogens is 280 g/mol. The van der Waals surface area contributed by atoms with Gasteiger partial charge in [0.25, 0.3) is 0 Å². The summed E-state index contributed by atoms with van der Waals surface area (Å²) >= 11 is 0. The summed E-state index contributed by atoms with van der Waals surface area (Å²) < 4.78 is 5.45. The Hall–Kier alpha value is -1.24. The van der Waals surface area contributed by atoms with Crippen molar-refractivity contribution in [3.05, 3.63) is 18.1 Å². The Balaban J connectivity index is 1.65. The Labute approximate surface area is 132 Å². The fraction of sp³-hybridized carbons (Fsp3) is 0.750. The number of aromatic nitrogens is 2. The van der Waals surface area contributed by atoms with Crippen molar-refractivity contribution < 1.29 is 9.84 Å². The van der Waals surface area contributed by atoms with Gasteiger partial charge in [-0.25, -0.2) is 9.97 Å². The molecule has 0 radical (unpaired) electrons. The average Bonchev–Trinajstić information content (AvgIpc) is 3.01. The molecular formula is C16H26N4O2. The topological polar surface area (TPSA) is 61.7 Å². The smallest absolute Gasteiger partial charge is 0.132 e. The number of rotatable bonds is 4. The number of nitrogens with zero attached hydrogens (tertiary/aromatic N) is 4. The van der Waals surface area contributed by atoms with Crippen LogP contribution in [0.4, 0.5) is 5.82 Å². The molecule has 2 saturated heterocycles. The van der Waals surface area contributed by atoms with Gasteiger partial charge in [0.15, 0.2) is 0 Å². The van der Waals surface area contributed by atoms with Crippen LogP contribution in [0.25, 0.3) is 0 Å². The molecule has 0 aromatic carbocycles. The lowest BCUT2D eigenvalue weighted by Crippen LogP contribution is -2.49. The first-order valence-electron chi connectivity index (χ1n) is 8.07. The van der Waals surface area contributed by atoms with Gasteiger partial charge in [0.05, 0.1) is 17.9 Å². The monoisotopic (exact) mass is 306 g/mol. The van der Waals surface area contributed by atoms with Crippen LogP contribution in [0.2, 0.25) is 0 Å². The van der Waals surface area contributed by atoms with Gasteiger partial charge in [-0.2, -0.15) is 0 Å². The van der Waals surface area contributed by atoms with E-state index in [4.69, 9.17) is 4.74 Å². The first-order chi connectivity index (χ1) is 10.6. The minimum Gasteiger partial charge on any atom is -0.388 e. The van der Waals surface area contributed by atoms with Gasteiger partial charge in [-0.3, -0.25) is 0 Å². The van der Waals surface area contributed by atoms with Crippen LogP contribution in [0.1, 0.15) is 30.9 Å². The van der Waals surface area contributed by atoms with Crippen molar-refractivity contribution in [2.24, 2.45) is 0 Å². The van der Waals surface area contributed by atoms with E-state index in [1.54, 1.807) is 6.33 Å². The van der Waals surface area contributed by atoms with Gasteiger partial charge in [-0.05, 0) is 33.4 Å². The number of hydrogen-bond donors (Lipinski definition) is 1. The first kappa shape index (κ1) is 15.6. The van der Waals surface area contributed by atoms with Crippen LogP contribution >= 0.6 is 0 Å². The molecule has 0 saturated carbocycles. The third-order valence-corrected chi connectivity index (χ3v) is 4.65. The maximum Gasteiger partial charge on any atom is 0.132 e. The fourth-order valence-electron chi connectivity index (χ4n) is 3.42. The quantitative estimate of drug-likeness (QED) is 0.891. The molecule has 1 atom stereocenters. The van der Waals surface area contributed by atoms with Crippen LogP contribution in [0.3, 0.4) is 0 Å². The second kappa shape index (κ2) is 6.48. The van der Waals surface area contributed by atoms with Gasteiger partial charge < -0.3 is 19.6 Å². The largest absolute Gasteiger partial charge is 0.388 e. The van der Waals surface area contributed by atoms with Gasteiger partial charge in [-0.1, -0.05) is 0 Å². The van der Waals surface area contributed by atoms with Crippen molar-refractivity contribution in [1.82, 2.24) is 14.9 Å². The second-order valence-corrected chi connectivity index (χ2v) is 6.81. The van der Waals surface area contributed by atoms with E-state index in [0.717, 1.165) is 63.6 Å². The molecule has 2 fully saturated rings. The van der Waals surface area contributed by atoms with Crippen LogP contribution in [0, 0.1) is 0 Å². The predicted molar refractivity (Wildman–Crippen MR) is 85.2 cm³/mol.